The van der Waals surface area contributed by atoms with Crippen LogP contribution in [-0.2, 0) is 0 Å². The maximum absolute atomic E-state index is 8.52. The van der Waals surface area contributed by atoms with Gasteiger partial charge in [0.05, 0.1) is 12.7 Å². The van der Waals surface area contributed by atoms with E-state index in [9.17, 15) is 0 Å². The van der Waals surface area contributed by atoms with Crippen LogP contribution < -0.4 is 21.1 Å². The average molecular weight is 300 g/mol. The second-order valence-electron chi connectivity index (χ2n) is 5.38. The van der Waals surface area contributed by atoms with Gasteiger partial charge in [-0.25, -0.2) is 4.99 Å². The van der Waals surface area contributed by atoms with Gasteiger partial charge in [0.1, 0.15) is 11.4 Å². The summed E-state index contributed by atoms with van der Waals surface area (Å²) in [6.07, 6.45) is 1.17. The highest BCUT2D eigenvalue weighted by molar-refractivity contribution is 6.05. The first-order chi connectivity index (χ1) is 10.4. The van der Waals surface area contributed by atoms with Gasteiger partial charge in [0.2, 0.25) is 11.9 Å². The van der Waals surface area contributed by atoms with Gasteiger partial charge >= 0.3 is 0 Å². The van der Waals surface area contributed by atoms with E-state index in [0.717, 1.165) is 5.69 Å². The minimum Gasteiger partial charge on any atom is -0.493 e. The Bertz CT molecular complexity index is 644. The van der Waals surface area contributed by atoms with Crippen molar-refractivity contribution in [3.63, 3.8) is 0 Å². The molecule has 0 amide bonds. The fourth-order valence-electron chi connectivity index (χ4n) is 2.30. The normalized spacial score (nSPS) is 16.5. The zero-order valence-corrected chi connectivity index (χ0v) is 12.8. The number of nitriles is 1. The average Bonchev–Trinajstić information content (AvgIpc) is 2.42. The van der Waals surface area contributed by atoms with Crippen molar-refractivity contribution < 1.29 is 4.74 Å². The van der Waals surface area contributed by atoms with E-state index >= 15 is 0 Å². The van der Waals surface area contributed by atoms with Crippen molar-refractivity contribution in [3.8, 4) is 11.8 Å². The molecule has 1 aromatic rings. The van der Waals surface area contributed by atoms with Crippen molar-refractivity contribution in [2.24, 2.45) is 21.5 Å². The lowest BCUT2D eigenvalue weighted by Gasteiger charge is -2.38. The van der Waals surface area contributed by atoms with E-state index in [-0.39, 0.29) is 5.96 Å². The molecule has 1 aliphatic heterocycles. The standard InChI is InChI=1S/C15H20N6O/c1-15(2)20-13(17)19-14(18)21(15)11-6-5-7-12(10-11)22-9-4-3-8-16/h5-7,10H,3-4,9H2,1-2H3,(H4,17,18,19,20). The molecule has 0 saturated heterocycles. The molecule has 0 fully saturated rings. The highest BCUT2D eigenvalue weighted by Gasteiger charge is 2.33. The van der Waals surface area contributed by atoms with Crippen molar-refractivity contribution in [2.45, 2.75) is 32.4 Å². The third-order valence-electron chi connectivity index (χ3n) is 3.17. The quantitative estimate of drug-likeness (QED) is 0.801. The van der Waals surface area contributed by atoms with Crippen LogP contribution in [0, 0.1) is 11.3 Å². The van der Waals surface area contributed by atoms with E-state index in [0.29, 0.717) is 31.2 Å². The highest BCUT2D eigenvalue weighted by Crippen LogP contribution is 2.29. The molecule has 0 bridgehead atoms. The fourth-order valence-corrected chi connectivity index (χ4v) is 2.30. The molecule has 0 saturated carbocycles. The van der Waals surface area contributed by atoms with Crippen LogP contribution in [0.5, 0.6) is 5.75 Å². The molecule has 7 heteroatoms. The van der Waals surface area contributed by atoms with Gasteiger partial charge in [-0.2, -0.15) is 10.3 Å². The van der Waals surface area contributed by atoms with Gasteiger partial charge < -0.3 is 16.2 Å². The molecule has 1 heterocycles. The number of ether oxygens (including phenoxy) is 1. The predicted octanol–water partition coefficient (Wildman–Crippen LogP) is 1.55. The number of rotatable bonds is 5. The molecule has 1 aliphatic rings. The lowest BCUT2D eigenvalue weighted by atomic mass is 10.1. The second kappa shape index (κ2) is 6.35. The van der Waals surface area contributed by atoms with Gasteiger partial charge in [0.25, 0.3) is 0 Å². The Morgan fingerprint density at radius 2 is 2.14 bits per heavy atom. The fraction of sp³-hybridized carbons (Fsp3) is 0.400. The molecule has 22 heavy (non-hydrogen) atoms. The molecular formula is C15H20N6O. The summed E-state index contributed by atoms with van der Waals surface area (Å²) in [6.45, 7) is 4.30. The lowest BCUT2D eigenvalue weighted by Crippen LogP contribution is -2.54. The van der Waals surface area contributed by atoms with Crippen molar-refractivity contribution >= 4 is 17.6 Å². The van der Waals surface area contributed by atoms with Crippen molar-refractivity contribution in [1.29, 1.82) is 5.26 Å². The van der Waals surface area contributed by atoms with Gasteiger partial charge in [-0.05, 0) is 32.4 Å². The van der Waals surface area contributed by atoms with E-state index in [2.05, 4.69) is 16.1 Å². The minimum atomic E-state index is -0.630. The molecular weight excluding hydrogens is 280 g/mol. The van der Waals surface area contributed by atoms with Gasteiger partial charge in [-0.3, -0.25) is 4.90 Å². The number of nitrogens with zero attached hydrogens (tertiary/aromatic N) is 4. The number of anilines is 1. The Morgan fingerprint density at radius 3 is 2.82 bits per heavy atom. The number of benzene rings is 1. The summed E-state index contributed by atoms with van der Waals surface area (Å²) in [5.74, 6) is 1.17. The van der Waals surface area contributed by atoms with Crippen LogP contribution in [0.2, 0.25) is 0 Å². The van der Waals surface area contributed by atoms with Crippen molar-refractivity contribution in [2.75, 3.05) is 11.5 Å². The van der Waals surface area contributed by atoms with Gasteiger partial charge in [0, 0.05) is 18.2 Å². The SMILES string of the molecule is CC1(C)N=C(N)N=C(N)N1c1cccc(OCCCC#N)c1. The molecule has 0 atom stereocenters. The molecule has 0 aromatic heterocycles. The smallest absolute Gasteiger partial charge is 0.220 e. The number of guanidine groups is 2. The molecule has 1 aromatic carbocycles. The van der Waals surface area contributed by atoms with Crippen LogP contribution in [0.3, 0.4) is 0 Å². The minimum absolute atomic E-state index is 0.169. The van der Waals surface area contributed by atoms with Crippen LogP contribution in [0.4, 0.5) is 5.69 Å². The first kappa shape index (κ1) is 15.6. The maximum atomic E-state index is 8.52. The molecule has 7 nitrogen and oxygen atoms in total. The number of unbranched alkanes of at least 4 members (excludes halogenated alkanes) is 1. The zero-order valence-electron chi connectivity index (χ0n) is 12.8. The first-order valence-electron chi connectivity index (χ1n) is 7.03. The molecule has 0 spiro atoms. The predicted molar refractivity (Wildman–Crippen MR) is 86.6 cm³/mol. The van der Waals surface area contributed by atoms with Crippen molar-refractivity contribution in [3.05, 3.63) is 24.3 Å². The Hall–Kier alpha value is -2.75. The Balaban J connectivity index is 2.19. The van der Waals surface area contributed by atoms with Gasteiger partial charge in [-0.15, -0.1) is 0 Å². The maximum Gasteiger partial charge on any atom is 0.220 e. The summed E-state index contributed by atoms with van der Waals surface area (Å²) in [5, 5.41) is 8.52. The van der Waals surface area contributed by atoms with Crippen LogP contribution in [0.15, 0.2) is 34.3 Å². The van der Waals surface area contributed by atoms with Crippen molar-refractivity contribution in [1.82, 2.24) is 0 Å². The van der Waals surface area contributed by atoms with Crippen LogP contribution in [0.25, 0.3) is 0 Å². The number of aliphatic imine (C=N–C) groups is 2. The van der Waals surface area contributed by atoms with E-state index in [1.807, 2.05) is 38.1 Å². The number of nitrogens with two attached hydrogens (primary N) is 2. The molecule has 2 rings (SSSR count). The summed E-state index contributed by atoms with van der Waals surface area (Å²) in [6, 6.07) is 9.60. The number of hydrogen-bond donors (Lipinski definition) is 2. The second-order valence-corrected chi connectivity index (χ2v) is 5.38. The monoisotopic (exact) mass is 300 g/mol. The van der Waals surface area contributed by atoms with Crippen LogP contribution in [-0.4, -0.2) is 24.2 Å². The molecule has 116 valence electrons. The molecule has 0 unspecified atom stereocenters. The van der Waals surface area contributed by atoms with Gasteiger partial charge in [-0.1, -0.05) is 6.07 Å². The highest BCUT2D eigenvalue weighted by atomic mass is 16.5. The number of hydrogen-bond acceptors (Lipinski definition) is 7. The summed E-state index contributed by atoms with van der Waals surface area (Å²) in [5.41, 5.74) is 11.9. The third kappa shape index (κ3) is 3.47. The Kier molecular flexibility index (Phi) is 4.51. The summed E-state index contributed by atoms with van der Waals surface area (Å²) < 4.78 is 5.65. The topological polar surface area (TPSA) is 113 Å². The van der Waals surface area contributed by atoms with Crippen LogP contribution in [0.1, 0.15) is 26.7 Å². The summed E-state index contributed by atoms with van der Waals surface area (Å²) >= 11 is 0. The van der Waals surface area contributed by atoms with Gasteiger partial charge in [0.15, 0.2) is 0 Å². The van der Waals surface area contributed by atoms with E-state index < -0.39 is 5.66 Å². The summed E-state index contributed by atoms with van der Waals surface area (Å²) in [7, 11) is 0. The largest absolute Gasteiger partial charge is 0.493 e. The lowest BCUT2D eigenvalue weighted by molar-refractivity contribution is 0.312. The van der Waals surface area contributed by atoms with E-state index in [4.69, 9.17) is 21.5 Å². The van der Waals surface area contributed by atoms with Crippen LogP contribution >= 0.6 is 0 Å². The molecule has 0 aliphatic carbocycles. The zero-order chi connectivity index (χ0) is 16.2. The Labute approximate surface area is 129 Å². The van der Waals surface area contributed by atoms with E-state index in [1.54, 1.807) is 4.90 Å². The molecule has 0 radical (unpaired) electrons. The first-order valence-corrected chi connectivity index (χ1v) is 7.03. The van der Waals surface area contributed by atoms with E-state index in [1.165, 1.54) is 0 Å². The summed E-state index contributed by atoms with van der Waals surface area (Å²) in [4.78, 5) is 10.1. The Morgan fingerprint density at radius 1 is 1.36 bits per heavy atom. The third-order valence-corrected chi connectivity index (χ3v) is 3.17. The molecule has 4 N–H and O–H groups in total.